The Morgan fingerprint density at radius 2 is 1.84 bits per heavy atom. The fraction of sp³-hybridized carbons (Fsp3) is 0.0952. The first-order chi connectivity index (χ1) is 12.2. The van der Waals surface area contributed by atoms with E-state index in [4.69, 9.17) is 0 Å². The molecule has 0 aliphatic heterocycles. The van der Waals surface area contributed by atoms with Crippen molar-refractivity contribution in [2.45, 2.75) is 6.04 Å². The van der Waals surface area contributed by atoms with Crippen LogP contribution in [0.4, 0.5) is 4.39 Å². The van der Waals surface area contributed by atoms with Gasteiger partial charge in [-0.2, -0.15) is 0 Å². The maximum Gasteiger partial charge on any atom is 0.244 e. The average Bonchev–Trinajstić information content (AvgIpc) is 2.64. The van der Waals surface area contributed by atoms with Crippen LogP contribution in [0.25, 0.3) is 16.8 Å². The zero-order valence-corrected chi connectivity index (χ0v) is 13.5. The lowest BCUT2D eigenvalue weighted by Crippen LogP contribution is -2.29. The van der Waals surface area contributed by atoms with E-state index in [1.165, 1.54) is 24.3 Å². The molecule has 0 saturated carbocycles. The second-order valence-electron chi connectivity index (χ2n) is 5.74. The van der Waals surface area contributed by atoms with Gasteiger partial charge in [-0.25, -0.2) is 4.39 Å². The van der Waals surface area contributed by atoms with Gasteiger partial charge in [0.05, 0.1) is 12.6 Å². The summed E-state index contributed by atoms with van der Waals surface area (Å²) in [6, 6.07) is 19.2. The van der Waals surface area contributed by atoms with E-state index in [-0.39, 0.29) is 18.3 Å². The van der Waals surface area contributed by atoms with Crippen LogP contribution in [0, 0.1) is 5.82 Å². The molecule has 4 heteroatoms. The van der Waals surface area contributed by atoms with Crippen LogP contribution in [0.1, 0.15) is 17.2 Å². The van der Waals surface area contributed by atoms with Crippen LogP contribution in [-0.2, 0) is 4.79 Å². The summed E-state index contributed by atoms with van der Waals surface area (Å²) in [5.74, 6) is -0.705. The number of carbonyl (C=O) groups is 1. The summed E-state index contributed by atoms with van der Waals surface area (Å²) in [6.07, 6.45) is 2.87. The molecule has 3 aromatic rings. The molecule has 0 aliphatic carbocycles. The molecule has 3 aromatic carbocycles. The minimum Gasteiger partial charge on any atom is -0.394 e. The number of carbonyl (C=O) groups excluding carboxylic acids is 1. The number of nitrogens with one attached hydrogen (secondary N) is 1. The first-order valence-electron chi connectivity index (χ1n) is 7.99. The first-order valence-corrected chi connectivity index (χ1v) is 7.99. The number of hydrogen-bond acceptors (Lipinski definition) is 2. The van der Waals surface area contributed by atoms with Crippen molar-refractivity contribution in [1.29, 1.82) is 0 Å². The lowest BCUT2D eigenvalue weighted by molar-refractivity contribution is -0.117. The fourth-order valence-electron chi connectivity index (χ4n) is 2.66. The number of benzene rings is 3. The number of aliphatic hydroxyl groups excluding tert-OH is 1. The topological polar surface area (TPSA) is 49.3 Å². The molecule has 0 radical (unpaired) electrons. The Kier molecular flexibility index (Phi) is 5.21. The third-order valence-electron chi connectivity index (χ3n) is 3.95. The molecular weight excluding hydrogens is 317 g/mol. The molecule has 2 N–H and O–H groups in total. The fourth-order valence-corrected chi connectivity index (χ4v) is 2.66. The smallest absolute Gasteiger partial charge is 0.244 e. The van der Waals surface area contributed by atoms with Crippen LogP contribution in [0.5, 0.6) is 0 Å². The SMILES string of the molecule is O=C(C=Cc1cccc(F)c1)N[C@@H](CO)c1ccc2ccccc2c1. The van der Waals surface area contributed by atoms with Gasteiger partial charge in [0.25, 0.3) is 0 Å². The Balaban J connectivity index is 1.73. The van der Waals surface area contributed by atoms with Gasteiger partial charge in [0.1, 0.15) is 5.82 Å². The monoisotopic (exact) mass is 335 g/mol. The van der Waals surface area contributed by atoms with Gasteiger partial charge in [-0.1, -0.05) is 48.5 Å². The van der Waals surface area contributed by atoms with Crippen molar-refractivity contribution in [3.63, 3.8) is 0 Å². The number of halogens is 1. The summed E-state index contributed by atoms with van der Waals surface area (Å²) in [7, 11) is 0. The summed E-state index contributed by atoms with van der Waals surface area (Å²) in [4.78, 5) is 12.1. The Bertz CT molecular complexity index is 920. The molecular formula is C21H18FNO2. The highest BCUT2D eigenvalue weighted by Crippen LogP contribution is 2.20. The van der Waals surface area contributed by atoms with Gasteiger partial charge < -0.3 is 10.4 Å². The van der Waals surface area contributed by atoms with E-state index < -0.39 is 6.04 Å². The van der Waals surface area contributed by atoms with E-state index in [9.17, 15) is 14.3 Å². The van der Waals surface area contributed by atoms with E-state index >= 15 is 0 Å². The molecule has 1 atom stereocenters. The molecule has 0 aliphatic rings. The molecule has 126 valence electrons. The standard InChI is InChI=1S/C21H18FNO2/c22-19-7-3-4-15(12-19)8-11-21(25)23-20(14-24)18-10-9-16-5-1-2-6-17(16)13-18/h1-13,20,24H,14H2,(H,23,25)/t20-/m0/s1. The minimum absolute atomic E-state index is 0.210. The Hall–Kier alpha value is -2.98. The molecule has 0 heterocycles. The number of aliphatic hydroxyl groups is 1. The molecule has 0 bridgehead atoms. The Morgan fingerprint density at radius 3 is 2.60 bits per heavy atom. The molecule has 1 amide bonds. The zero-order chi connectivity index (χ0) is 17.6. The van der Waals surface area contributed by atoms with Crippen LogP contribution in [0.2, 0.25) is 0 Å². The Morgan fingerprint density at radius 1 is 1.04 bits per heavy atom. The lowest BCUT2D eigenvalue weighted by atomic mass is 10.0. The van der Waals surface area contributed by atoms with Crippen molar-refractivity contribution in [2.75, 3.05) is 6.61 Å². The van der Waals surface area contributed by atoms with Gasteiger partial charge in [0.2, 0.25) is 5.91 Å². The van der Waals surface area contributed by atoms with Crippen LogP contribution < -0.4 is 5.32 Å². The average molecular weight is 335 g/mol. The lowest BCUT2D eigenvalue weighted by Gasteiger charge is -2.16. The highest BCUT2D eigenvalue weighted by molar-refractivity contribution is 5.92. The number of amides is 1. The van der Waals surface area contributed by atoms with Crippen LogP contribution >= 0.6 is 0 Å². The summed E-state index contributed by atoms with van der Waals surface area (Å²) < 4.78 is 13.1. The summed E-state index contributed by atoms with van der Waals surface area (Å²) in [6.45, 7) is -0.210. The van der Waals surface area contributed by atoms with Crippen molar-refractivity contribution < 1.29 is 14.3 Å². The molecule has 0 saturated heterocycles. The van der Waals surface area contributed by atoms with Gasteiger partial charge in [0.15, 0.2) is 0 Å². The quantitative estimate of drug-likeness (QED) is 0.696. The number of hydrogen-bond donors (Lipinski definition) is 2. The van der Waals surface area contributed by atoms with Gasteiger partial charge in [0, 0.05) is 6.08 Å². The van der Waals surface area contributed by atoms with E-state index in [1.54, 1.807) is 12.1 Å². The summed E-state index contributed by atoms with van der Waals surface area (Å²) in [5, 5.41) is 14.5. The highest BCUT2D eigenvalue weighted by Gasteiger charge is 2.12. The van der Waals surface area contributed by atoms with Gasteiger partial charge >= 0.3 is 0 Å². The van der Waals surface area contributed by atoms with E-state index in [2.05, 4.69) is 5.32 Å². The predicted octanol–water partition coefficient (Wildman–Crippen LogP) is 3.84. The first kappa shape index (κ1) is 16.9. The number of rotatable bonds is 5. The van der Waals surface area contributed by atoms with Crippen molar-refractivity contribution in [3.05, 3.63) is 89.8 Å². The molecule has 25 heavy (non-hydrogen) atoms. The summed E-state index contributed by atoms with van der Waals surface area (Å²) in [5.41, 5.74) is 1.43. The second kappa shape index (κ2) is 7.73. The van der Waals surface area contributed by atoms with Gasteiger partial charge in [-0.15, -0.1) is 0 Å². The Labute approximate surface area is 145 Å². The molecule has 0 unspecified atom stereocenters. The van der Waals surface area contributed by atoms with Gasteiger partial charge in [-0.3, -0.25) is 4.79 Å². The van der Waals surface area contributed by atoms with Gasteiger partial charge in [-0.05, 0) is 46.2 Å². The van der Waals surface area contributed by atoms with Crippen LogP contribution in [0.15, 0.2) is 72.8 Å². The maximum atomic E-state index is 13.1. The maximum absolute atomic E-state index is 13.1. The zero-order valence-electron chi connectivity index (χ0n) is 13.5. The van der Waals surface area contributed by atoms with Crippen molar-refractivity contribution in [3.8, 4) is 0 Å². The molecule has 3 rings (SSSR count). The highest BCUT2D eigenvalue weighted by atomic mass is 19.1. The van der Waals surface area contributed by atoms with Crippen molar-refractivity contribution in [2.24, 2.45) is 0 Å². The normalized spacial score (nSPS) is 12.4. The minimum atomic E-state index is -0.505. The van der Waals surface area contributed by atoms with Crippen LogP contribution in [-0.4, -0.2) is 17.6 Å². The van der Waals surface area contributed by atoms with Crippen molar-refractivity contribution in [1.82, 2.24) is 5.32 Å². The third-order valence-corrected chi connectivity index (χ3v) is 3.95. The molecule has 3 nitrogen and oxygen atoms in total. The van der Waals surface area contributed by atoms with Crippen LogP contribution in [0.3, 0.4) is 0 Å². The van der Waals surface area contributed by atoms with E-state index in [1.807, 2.05) is 42.5 Å². The third kappa shape index (κ3) is 4.31. The second-order valence-corrected chi connectivity index (χ2v) is 5.74. The van der Waals surface area contributed by atoms with E-state index in [0.29, 0.717) is 5.56 Å². The largest absolute Gasteiger partial charge is 0.394 e. The predicted molar refractivity (Wildman–Crippen MR) is 97.4 cm³/mol. The van der Waals surface area contributed by atoms with Crippen molar-refractivity contribution >= 4 is 22.8 Å². The number of fused-ring (bicyclic) bond motifs is 1. The van der Waals surface area contributed by atoms with E-state index in [0.717, 1.165) is 16.3 Å². The summed E-state index contributed by atoms with van der Waals surface area (Å²) >= 11 is 0. The molecule has 0 spiro atoms. The molecule has 0 aromatic heterocycles. The molecule has 0 fully saturated rings.